The average Bonchev–Trinajstić information content (AvgIpc) is 2.53. The zero-order chi connectivity index (χ0) is 18.0. The van der Waals surface area contributed by atoms with Crippen molar-refractivity contribution in [2.24, 2.45) is 5.92 Å². The standard InChI is InChI=1S/C20H34O4/c1-2-3-4-5-6-7-8-9-10-11-12-13-14-15-16-18(20(23)24)17-19(21)22/h11-12,14-15,18H,2-10,13,16-17H2,1H3,(H,21,22)(H,23,24)/b12-11+,15-14+. The molecule has 2 N–H and O–H groups in total. The van der Waals surface area contributed by atoms with Crippen molar-refractivity contribution in [3.8, 4) is 0 Å². The highest BCUT2D eigenvalue weighted by atomic mass is 16.4. The van der Waals surface area contributed by atoms with Crippen LogP contribution in [0.15, 0.2) is 24.3 Å². The lowest BCUT2D eigenvalue weighted by Gasteiger charge is -2.05. The van der Waals surface area contributed by atoms with Crippen molar-refractivity contribution in [3.63, 3.8) is 0 Å². The van der Waals surface area contributed by atoms with Crippen LogP contribution in [0.4, 0.5) is 0 Å². The second kappa shape index (κ2) is 16.3. The highest BCUT2D eigenvalue weighted by molar-refractivity contribution is 5.77. The van der Waals surface area contributed by atoms with Crippen LogP contribution in [-0.2, 0) is 9.59 Å². The van der Waals surface area contributed by atoms with Gasteiger partial charge in [-0.05, 0) is 25.7 Å². The van der Waals surface area contributed by atoms with Gasteiger partial charge in [0, 0.05) is 0 Å². The summed E-state index contributed by atoms with van der Waals surface area (Å²) >= 11 is 0. The molecule has 0 bridgehead atoms. The molecule has 1 atom stereocenters. The highest BCUT2D eigenvalue weighted by Crippen LogP contribution is 2.11. The van der Waals surface area contributed by atoms with Gasteiger partial charge < -0.3 is 10.2 Å². The van der Waals surface area contributed by atoms with Crippen molar-refractivity contribution in [1.29, 1.82) is 0 Å². The Labute approximate surface area is 146 Å². The zero-order valence-electron chi connectivity index (χ0n) is 15.1. The van der Waals surface area contributed by atoms with E-state index in [2.05, 4.69) is 19.1 Å². The van der Waals surface area contributed by atoms with Gasteiger partial charge in [0.05, 0.1) is 12.3 Å². The van der Waals surface area contributed by atoms with E-state index >= 15 is 0 Å². The lowest BCUT2D eigenvalue weighted by Crippen LogP contribution is -2.16. The van der Waals surface area contributed by atoms with E-state index in [1.807, 2.05) is 6.08 Å². The van der Waals surface area contributed by atoms with Crippen LogP contribution in [-0.4, -0.2) is 22.2 Å². The monoisotopic (exact) mass is 338 g/mol. The summed E-state index contributed by atoms with van der Waals surface area (Å²) in [6.07, 6.45) is 20.4. The average molecular weight is 338 g/mol. The summed E-state index contributed by atoms with van der Waals surface area (Å²) in [5, 5.41) is 17.6. The topological polar surface area (TPSA) is 74.6 Å². The van der Waals surface area contributed by atoms with Crippen LogP contribution in [0.1, 0.15) is 84.0 Å². The van der Waals surface area contributed by atoms with Gasteiger partial charge in [0.25, 0.3) is 0 Å². The maximum absolute atomic E-state index is 10.9. The fourth-order valence-electron chi connectivity index (χ4n) is 2.53. The van der Waals surface area contributed by atoms with E-state index in [1.54, 1.807) is 6.08 Å². The molecule has 0 aliphatic carbocycles. The molecule has 0 radical (unpaired) electrons. The Bertz CT molecular complexity index is 385. The minimum absolute atomic E-state index is 0.271. The first kappa shape index (κ1) is 22.4. The molecule has 0 aromatic carbocycles. The first-order valence-electron chi connectivity index (χ1n) is 9.32. The van der Waals surface area contributed by atoms with Crippen LogP contribution < -0.4 is 0 Å². The maximum Gasteiger partial charge on any atom is 0.307 e. The minimum Gasteiger partial charge on any atom is -0.481 e. The Balaban J connectivity index is 3.57. The first-order valence-corrected chi connectivity index (χ1v) is 9.32. The molecule has 0 aliphatic rings. The number of hydrogen-bond donors (Lipinski definition) is 2. The second-order valence-electron chi connectivity index (χ2n) is 6.31. The number of hydrogen-bond acceptors (Lipinski definition) is 2. The molecular formula is C20H34O4. The number of rotatable bonds is 16. The molecular weight excluding hydrogens is 304 g/mol. The third-order valence-corrected chi connectivity index (χ3v) is 4.02. The highest BCUT2D eigenvalue weighted by Gasteiger charge is 2.18. The Morgan fingerprint density at radius 3 is 2.00 bits per heavy atom. The molecule has 0 aromatic heterocycles. The molecule has 138 valence electrons. The van der Waals surface area contributed by atoms with Gasteiger partial charge in [-0.3, -0.25) is 9.59 Å². The molecule has 24 heavy (non-hydrogen) atoms. The van der Waals surface area contributed by atoms with E-state index in [0.717, 1.165) is 12.8 Å². The van der Waals surface area contributed by atoms with Crippen molar-refractivity contribution >= 4 is 11.9 Å². The Morgan fingerprint density at radius 1 is 0.833 bits per heavy atom. The predicted molar refractivity (Wildman–Crippen MR) is 98.1 cm³/mol. The molecule has 0 aliphatic heterocycles. The van der Waals surface area contributed by atoms with Gasteiger partial charge in [0.2, 0.25) is 0 Å². The van der Waals surface area contributed by atoms with Crippen molar-refractivity contribution in [1.82, 2.24) is 0 Å². The SMILES string of the molecule is CCCCCCCCCC/C=C/C/C=C/CC(CC(=O)O)C(=O)O. The second-order valence-corrected chi connectivity index (χ2v) is 6.31. The van der Waals surface area contributed by atoms with Gasteiger partial charge in [-0.15, -0.1) is 0 Å². The van der Waals surface area contributed by atoms with E-state index in [-0.39, 0.29) is 12.8 Å². The Kier molecular flexibility index (Phi) is 15.2. The van der Waals surface area contributed by atoms with E-state index in [0.29, 0.717) is 0 Å². The minimum atomic E-state index is -1.07. The lowest BCUT2D eigenvalue weighted by molar-refractivity contribution is -0.148. The van der Waals surface area contributed by atoms with Gasteiger partial charge in [-0.25, -0.2) is 0 Å². The van der Waals surface area contributed by atoms with Crippen molar-refractivity contribution in [2.75, 3.05) is 0 Å². The maximum atomic E-state index is 10.9. The quantitative estimate of drug-likeness (QED) is 0.284. The summed E-state index contributed by atoms with van der Waals surface area (Å²) in [4.78, 5) is 21.5. The number of carboxylic acid groups (broad SMARTS) is 2. The third kappa shape index (κ3) is 15.3. The summed E-state index contributed by atoms with van der Waals surface area (Å²) in [5.41, 5.74) is 0. The fourth-order valence-corrected chi connectivity index (χ4v) is 2.53. The molecule has 4 heteroatoms. The summed E-state index contributed by atoms with van der Waals surface area (Å²) in [6, 6.07) is 0. The number of carbonyl (C=O) groups is 2. The third-order valence-electron chi connectivity index (χ3n) is 4.02. The lowest BCUT2D eigenvalue weighted by atomic mass is 10.0. The molecule has 0 saturated carbocycles. The molecule has 0 spiro atoms. The van der Waals surface area contributed by atoms with E-state index < -0.39 is 17.9 Å². The summed E-state index contributed by atoms with van der Waals surface area (Å²) in [7, 11) is 0. The molecule has 0 amide bonds. The van der Waals surface area contributed by atoms with Crippen molar-refractivity contribution in [3.05, 3.63) is 24.3 Å². The fraction of sp³-hybridized carbons (Fsp3) is 0.700. The normalized spacial score (nSPS) is 12.9. The van der Waals surface area contributed by atoms with Gasteiger partial charge in [0.1, 0.15) is 0 Å². The summed E-state index contributed by atoms with van der Waals surface area (Å²) in [5.74, 6) is -2.95. The molecule has 4 nitrogen and oxygen atoms in total. The number of unbranched alkanes of at least 4 members (excludes halogenated alkanes) is 8. The van der Waals surface area contributed by atoms with Crippen LogP contribution >= 0.6 is 0 Å². The van der Waals surface area contributed by atoms with E-state index in [4.69, 9.17) is 10.2 Å². The summed E-state index contributed by atoms with van der Waals surface area (Å²) in [6.45, 7) is 2.24. The molecule has 0 heterocycles. The summed E-state index contributed by atoms with van der Waals surface area (Å²) < 4.78 is 0. The van der Waals surface area contributed by atoms with Crippen molar-refractivity contribution in [2.45, 2.75) is 84.0 Å². The number of carboxylic acids is 2. The van der Waals surface area contributed by atoms with Crippen LogP contribution in [0.5, 0.6) is 0 Å². The van der Waals surface area contributed by atoms with Gasteiger partial charge in [0.15, 0.2) is 0 Å². The molecule has 0 rings (SSSR count). The predicted octanol–water partition coefficient (Wildman–Crippen LogP) is 5.59. The zero-order valence-corrected chi connectivity index (χ0v) is 15.1. The molecule has 0 fully saturated rings. The van der Waals surface area contributed by atoms with Gasteiger partial charge >= 0.3 is 11.9 Å². The van der Waals surface area contributed by atoms with Crippen molar-refractivity contribution < 1.29 is 19.8 Å². The Hall–Kier alpha value is -1.58. The number of aliphatic carboxylic acids is 2. The molecule has 0 aromatic rings. The largest absolute Gasteiger partial charge is 0.481 e. The van der Waals surface area contributed by atoms with Crippen LogP contribution in [0.3, 0.4) is 0 Å². The van der Waals surface area contributed by atoms with E-state index in [9.17, 15) is 9.59 Å². The van der Waals surface area contributed by atoms with E-state index in [1.165, 1.54) is 51.4 Å². The number of allylic oxidation sites excluding steroid dienone is 4. The van der Waals surface area contributed by atoms with Crippen LogP contribution in [0.25, 0.3) is 0 Å². The molecule has 0 saturated heterocycles. The van der Waals surface area contributed by atoms with Crippen LogP contribution in [0, 0.1) is 5.92 Å². The molecule has 1 unspecified atom stereocenters. The first-order chi connectivity index (χ1) is 11.6. The van der Waals surface area contributed by atoms with Gasteiger partial charge in [-0.2, -0.15) is 0 Å². The smallest absolute Gasteiger partial charge is 0.307 e. The van der Waals surface area contributed by atoms with Gasteiger partial charge in [-0.1, -0.05) is 76.2 Å². The van der Waals surface area contributed by atoms with Crippen LogP contribution in [0.2, 0.25) is 0 Å². The Morgan fingerprint density at radius 2 is 1.42 bits per heavy atom.